The van der Waals surface area contributed by atoms with Gasteiger partial charge in [-0.15, -0.1) is 0 Å². The molecule has 0 spiro atoms. The summed E-state index contributed by atoms with van der Waals surface area (Å²) in [6.07, 6.45) is 1.97. The number of benzene rings is 1. The molecule has 6 heterocycles. The number of morpholine rings is 2. The quantitative estimate of drug-likeness (QED) is 0.445. The Morgan fingerprint density at radius 1 is 0.973 bits per heavy atom. The Morgan fingerprint density at radius 2 is 1.86 bits per heavy atom. The third-order valence-corrected chi connectivity index (χ3v) is 8.00. The van der Waals surface area contributed by atoms with Gasteiger partial charge in [0.25, 0.3) is 0 Å². The van der Waals surface area contributed by atoms with E-state index in [1.807, 2.05) is 6.20 Å². The van der Waals surface area contributed by atoms with E-state index >= 15 is 0 Å². The van der Waals surface area contributed by atoms with Crippen LogP contribution in [0.5, 0.6) is 0 Å². The van der Waals surface area contributed by atoms with Crippen LogP contribution in [0.25, 0.3) is 33.5 Å². The number of fused-ring (bicyclic) bond motifs is 3. The van der Waals surface area contributed by atoms with Crippen molar-refractivity contribution in [3.05, 3.63) is 36.3 Å². The SMILES string of the molecule is CCn1c(CN2CCN3CCOC[C@H]3C2)nc2c(N3CCOCC3)nc(-c3cccc4[nH]ccc34)nc21. The molecule has 1 atom stereocenters. The number of hydrogen-bond acceptors (Lipinski definition) is 8. The number of aromatic amines is 1. The van der Waals surface area contributed by atoms with Crippen LogP contribution in [-0.4, -0.2) is 106 Å². The Bertz CT molecular complexity index is 1410. The van der Waals surface area contributed by atoms with Gasteiger partial charge in [-0.05, 0) is 19.1 Å². The number of aryl methyl sites for hydroxylation is 1. The van der Waals surface area contributed by atoms with Gasteiger partial charge in [0.15, 0.2) is 22.8 Å². The maximum atomic E-state index is 5.77. The molecule has 1 N–H and O–H groups in total. The summed E-state index contributed by atoms with van der Waals surface area (Å²) in [5.74, 6) is 2.71. The molecule has 0 amide bonds. The maximum Gasteiger partial charge on any atom is 0.166 e. The van der Waals surface area contributed by atoms with Gasteiger partial charge in [-0.3, -0.25) is 9.80 Å². The van der Waals surface area contributed by atoms with Gasteiger partial charge in [0.1, 0.15) is 5.82 Å². The summed E-state index contributed by atoms with van der Waals surface area (Å²) in [7, 11) is 0. The molecule has 1 aromatic carbocycles. The Morgan fingerprint density at radius 3 is 2.76 bits per heavy atom. The van der Waals surface area contributed by atoms with E-state index in [2.05, 4.69) is 55.4 Å². The van der Waals surface area contributed by atoms with Gasteiger partial charge in [0.05, 0.1) is 33.0 Å². The first kappa shape index (κ1) is 23.1. The second-order valence-electron chi connectivity index (χ2n) is 10.2. The molecular weight excluding hydrogens is 468 g/mol. The Kier molecular flexibility index (Phi) is 6.04. The second kappa shape index (κ2) is 9.68. The van der Waals surface area contributed by atoms with Crippen LogP contribution in [0.15, 0.2) is 30.5 Å². The lowest BCUT2D eigenvalue weighted by Gasteiger charge is -2.43. The van der Waals surface area contributed by atoms with Crippen LogP contribution < -0.4 is 4.90 Å². The van der Waals surface area contributed by atoms with Crippen LogP contribution in [0.3, 0.4) is 0 Å². The fourth-order valence-electron chi connectivity index (χ4n) is 6.04. The third-order valence-electron chi connectivity index (χ3n) is 8.00. The molecule has 3 aliphatic heterocycles. The van der Waals surface area contributed by atoms with Gasteiger partial charge < -0.3 is 23.9 Å². The molecule has 0 radical (unpaired) electrons. The molecule has 0 saturated carbocycles. The van der Waals surface area contributed by atoms with Crippen molar-refractivity contribution in [2.75, 3.05) is 70.6 Å². The van der Waals surface area contributed by atoms with Crippen molar-refractivity contribution in [3.8, 4) is 11.4 Å². The minimum absolute atomic E-state index is 0.471. The lowest BCUT2D eigenvalue weighted by atomic mass is 10.1. The highest BCUT2D eigenvalue weighted by Crippen LogP contribution is 2.32. The summed E-state index contributed by atoms with van der Waals surface area (Å²) < 4.78 is 13.7. The molecule has 0 aliphatic carbocycles. The first-order valence-corrected chi connectivity index (χ1v) is 13.5. The lowest BCUT2D eigenvalue weighted by molar-refractivity contribution is -0.0467. The van der Waals surface area contributed by atoms with E-state index in [9.17, 15) is 0 Å². The molecule has 10 nitrogen and oxygen atoms in total. The minimum atomic E-state index is 0.471. The lowest BCUT2D eigenvalue weighted by Crippen LogP contribution is -2.57. The maximum absolute atomic E-state index is 5.77. The van der Waals surface area contributed by atoms with Crippen LogP contribution in [0, 0.1) is 0 Å². The Labute approximate surface area is 216 Å². The highest BCUT2D eigenvalue weighted by molar-refractivity contribution is 5.95. The van der Waals surface area contributed by atoms with E-state index in [0.717, 1.165) is 111 Å². The first-order valence-electron chi connectivity index (χ1n) is 13.5. The number of ether oxygens (including phenoxy) is 2. The van der Waals surface area contributed by atoms with Gasteiger partial charge in [0.2, 0.25) is 0 Å². The van der Waals surface area contributed by atoms with Gasteiger partial charge in [-0.2, -0.15) is 0 Å². The molecule has 37 heavy (non-hydrogen) atoms. The van der Waals surface area contributed by atoms with Gasteiger partial charge in [-0.1, -0.05) is 12.1 Å². The molecular formula is C27H34N8O2. The van der Waals surface area contributed by atoms with Crippen molar-refractivity contribution in [1.29, 1.82) is 0 Å². The van der Waals surface area contributed by atoms with Crippen LogP contribution in [0.2, 0.25) is 0 Å². The summed E-state index contributed by atoms with van der Waals surface area (Å²) in [5, 5.41) is 1.13. The molecule has 7 rings (SSSR count). The largest absolute Gasteiger partial charge is 0.378 e. The van der Waals surface area contributed by atoms with Crippen LogP contribution in [-0.2, 0) is 22.6 Å². The summed E-state index contributed by atoms with van der Waals surface area (Å²) >= 11 is 0. The number of nitrogens with one attached hydrogen (secondary N) is 1. The number of rotatable bonds is 5. The van der Waals surface area contributed by atoms with E-state index in [1.165, 1.54) is 0 Å². The zero-order chi connectivity index (χ0) is 24.8. The van der Waals surface area contributed by atoms with Crippen molar-refractivity contribution >= 4 is 27.9 Å². The highest BCUT2D eigenvalue weighted by atomic mass is 16.5. The zero-order valence-electron chi connectivity index (χ0n) is 21.4. The molecule has 4 aromatic rings. The fourth-order valence-corrected chi connectivity index (χ4v) is 6.04. The highest BCUT2D eigenvalue weighted by Gasteiger charge is 2.31. The van der Waals surface area contributed by atoms with Crippen molar-refractivity contribution < 1.29 is 9.47 Å². The molecule has 194 valence electrons. The average molecular weight is 503 g/mol. The monoisotopic (exact) mass is 502 g/mol. The molecule has 10 heteroatoms. The second-order valence-corrected chi connectivity index (χ2v) is 10.2. The van der Waals surface area contributed by atoms with Crippen molar-refractivity contribution in [3.63, 3.8) is 0 Å². The van der Waals surface area contributed by atoms with E-state index in [1.54, 1.807) is 0 Å². The molecule has 3 aliphatic rings. The number of H-pyrrole nitrogens is 1. The number of piperazine rings is 1. The number of imidazole rings is 1. The molecule has 3 fully saturated rings. The third kappa shape index (κ3) is 4.17. The number of anilines is 1. The summed E-state index contributed by atoms with van der Waals surface area (Å²) in [6.45, 7) is 12.7. The van der Waals surface area contributed by atoms with E-state index in [0.29, 0.717) is 19.3 Å². The zero-order valence-corrected chi connectivity index (χ0v) is 21.4. The molecule has 3 saturated heterocycles. The van der Waals surface area contributed by atoms with E-state index in [4.69, 9.17) is 24.4 Å². The van der Waals surface area contributed by atoms with Crippen molar-refractivity contribution in [2.24, 2.45) is 0 Å². The molecule has 0 unspecified atom stereocenters. The minimum Gasteiger partial charge on any atom is -0.378 e. The summed E-state index contributed by atoms with van der Waals surface area (Å²) in [5.41, 5.74) is 3.93. The fraction of sp³-hybridized carbons (Fsp3) is 0.519. The van der Waals surface area contributed by atoms with Gasteiger partial charge in [-0.25, -0.2) is 15.0 Å². The summed E-state index contributed by atoms with van der Waals surface area (Å²) in [4.78, 5) is 26.2. The Balaban J connectivity index is 1.31. The van der Waals surface area contributed by atoms with Crippen LogP contribution in [0.1, 0.15) is 12.7 Å². The summed E-state index contributed by atoms with van der Waals surface area (Å²) in [6, 6.07) is 8.84. The number of nitrogens with zero attached hydrogens (tertiary/aromatic N) is 7. The van der Waals surface area contributed by atoms with E-state index in [-0.39, 0.29) is 0 Å². The number of hydrogen-bond donors (Lipinski definition) is 1. The smallest absolute Gasteiger partial charge is 0.166 e. The average Bonchev–Trinajstić information content (AvgIpc) is 3.57. The number of aromatic nitrogens is 5. The molecule has 0 bridgehead atoms. The predicted octanol–water partition coefficient (Wildman–Crippen LogP) is 2.35. The standard InChI is InChI=1S/C27H34N8O2/c1-2-35-23(17-32-8-9-33-10-15-37-18-19(33)16-32)29-24-26(34-11-13-36-14-12-34)30-25(31-27(24)35)21-4-3-5-22-20(21)6-7-28-22/h3-7,19,28H,2,8-18H2,1H3/t19-/m1/s1. The first-order chi connectivity index (χ1) is 18.3. The van der Waals surface area contributed by atoms with Gasteiger partial charge >= 0.3 is 0 Å². The van der Waals surface area contributed by atoms with Crippen molar-refractivity contribution in [1.82, 2.24) is 34.3 Å². The molecule has 3 aromatic heterocycles. The van der Waals surface area contributed by atoms with Crippen molar-refractivity contribution in [2.45, 2.75) is 26.1 Å². The van der Waals surface area contributed by atoms with Crippen LogP contribution >= 0.6 is 0 Å². The topological polar surface area (TPSA) is 87.6 Å². The van der Waals surface area contributed by atoms with Gasteiger partial charge in [0, 0.05) is 74.5 Å². The van der Waals surface area contributed by atoms with Crippen LogP contribution in [0.4, 0.5) is 5.82 Å². The Hall–Kier alpha value is -3.05. The van der Waals surface area contributed by atoms with E-state index < -0.39 is 0 Å². The predicted molar refractivity (Wildman–Crippen MR) is 143 cm³/mol. The normalized spacial score (nSPS) is 21.6.